The first kappa shape index (κ1) is 16.7. The number of piperidine rings is 1. The van der Waals surface area contributed by atoms with Gasteiger partial charge in [-0.3, -0.25) is 9.80 Å². The van der Waals surface area contributed by atoms with Crippen molar-refractivity contribution in [3.05, 3.63) is 41.7 Å². The molecule has 0 aliphatic carbocycles. The third-order valence-corrected chi connectivity index (χ3v) is 4.87. The van der Waals surface area contributed by atoms with Crippen LogP contribution < -0.4 is 0 Å². The van der Waals surface area contributed by atoms with Crippen LogP contribution in [0.2, 0.25) is 5.15 Å². The highest BCUT2D eigenvalue weighted by Gasteiger charge is 2.55. The molecular weight excluding hydrogens is 327 g/mol. The predicted octanol–water partition coefficient (Wildman–Crippen LogP) is 3.67. The summed E-state index contributed by atoms with van der Waals surface area (Å²) in [6.07, 6.45) is 0.455. The van der Waals surface area contributed by atoms with Crippen molar-refractivity contribution >= 4 is 11.6 Å². The molecule has 0 aromatic carbocycles. The van der Waals surface area contributed by atoms with Gasteiger partial charge in [0.1, 0.15) is 11.2 Å². The van der Waals surface area contributed by atoms with Crippen LogP contribution in [0.5, 0.6) is 0 Å². The second-order valence-corrected chi connectivity index (χ2v) is 6.57. The Labute approximate surface area is 138 Å². The van der Waals surface area contributed by atoms with Crippen LogP contribution in [0.3, 0.4) is 0 Å². The van der Waals surface area contributed by atoms with Gasteiger partial charge in [0.2, 0.25) is 0 Å². The lowest BCUT2D eigenvalue weighted by Crippen LogP contribution is -2.70. The Morgan fingerprint density at radius 1 is 1.35 bits per heavy atom. The molecular formula is C16H19ClF3N3. The van der Waals surface area contributed by atoms with Gasteiger partial charge >= 0.3 is 6.18 Å². The lowest BCUT2D eigenvalue weighted by atomic mass is 9.83. The zero-order chi connectivity index (χ0) is 16.6. The molecule has 3 atom stereocenters. The highest BCUT2D eigenvalue weighted by molar-refractivity contribution is 6.29. The van der Waals surface area contributed by atoms with Crippen LogP contribution in [0.1, 0.15) is 24.4 Å². The molecule has 3 fully saturated rings. The molecule has 7 heteroatoms. The standard InChI is InChI=1S/C16H19ClF3N3/c1-2-3-6-22-9-12-7-13(10-22)23(12)15(16(18,19)20)11-4-5-14(17)21-8-11/h2,4-5,8,12-13,15H,1,3,6-7,9-10H2. The number of nitrogens with zero attached hydrogens (tertiary/aromatic N) is 3. The molecule has 1 aromatic heterocycles. The summed E-state index contributed by atoms with van der Waals surface area (Å²) in [6.45, 7) is 5.92. The van der Waals surface area contributed by atoms with Gasteiger partial charge < -0.3 is 0 Å². The van der Waals surface area contributed by atoms with Gasteiger partial charge in [-0.05, 0) is 24.5 Å². The van der Waals surface area contributed by atoms with Crippen LogP contribution in [-0.2, 0) is 0 Å². The molecule has 0 N–H and O–H groups in total. The van der Waals surface area contributed by atoms with Gasteiger partial charge in [-0.15, -0.1) is 6.58 Å². The van der Waals surface area contributed by atoms with Crippen molar-refractivity contribution in [3.63, 3.8) is 0 Å². The summed E-state index contributed by atoms with van der Waals surface area (Å²) in [5, 5.41) is 0.203. The molecule has 0 spiro atoms. The Balaban J connectivity index is 1.78. The molecule has 126 valence electrons. The summed E-state index contributed by atoms with van der Waals surface area (Å²) >= 11 is 5.70. The molecule has 1 aromatic rings. The Bertz CT molecular complexity index is 549. The van der Waals surface area contributed by atoms with E-state index in [1.54, 1.807) is 4.90 Å². The molecule has 0 saturated carbocycles. The average Bonchev–Trinajstić information content (AvgIpc) is 2.50. The maximum absolute atomic E-state index is 13.7. The smallest absolute Gasteiger partial charge is 0.300 e. The quantitative estimate of drug-likeness (QED) is 0.599. The third-order valence-electron chi connectivity index (χ3n) is 4.65. The normalized spacial score (nSPS) is 26.6. The molecule has 0 amide bonds. The number of piperazine rings is 1. The first-order valence-corrected chi connectivity index (χ1v) is 8.07. The highest BCUT2D eigenvalue weighted by Crippen LogP contribution is 2.47. The van der Waals surface area contributed by atoms with E-state index in [0.29, 0.717) is 13.1 Å². The molecule has 23 heavy (non-hydrogen) atoms. The lowest BCUT2D eigenvalue weighted by molar-refractivity contribution is -0.231. The number of pyridine rings is 1. The number of alkyl halides is 3. The largest absolute Gasteiger partial charge is 0.408 e. The first-order chi connectivity index (χ1) is 10.9. The minimum Gasteiger partial charge on any atom is -0.300 e. The van der Waals surface area contributed by atoms with Crippen LogP contribution in [0.15, 0.2) is 31.0 Å². The van der Waals surface area contributed by atoms with E-state index >= 15 is 0 Å². The number of halogens is 4. The van der Waals surface area contributed by atoms with E-state index in [-0.39, 0.29) is 22.8 Å². The summed E-state index contributed by atoms with van der Waals surface area (Å²) < 4.78 is 41.0. The Morgan fingerprint density at radius 3 is 2.57 bits per heavy atom. The van der Waals surface area contributed by atoms with Gasteiger partial charge in [0.05, 0.1) is 0 Å². The van der Waals surface area contributed by atoms with Crippen LogP contribution in [-0.4, -0.2) is 52.7 Å². The Hall–Kier alpha value is -1.11. The zero-order valence-electron chi connectivity index (χ0n) is 12.6. The molecule has 3 nitrogen and oxygen atoms in total. The van der Waals surface area contributed by atoms with Crippen LogP contribution in [0.25, 0.3) is 0 Å². The van der Waals surface area contributed by atoms with E-state index in [2.05, 4.69) is 16.5 Å². The molecule has 4 heterocycles. The van der Waals surface area contributed by atoms with Crippen molar-refractivity contribution in [2.75, 3.05) is 19.6 Å². The maximum Gasteiger partial charge on any atom is 0.408 e. The fraction of sp³-hybridized carbons (Fsp3) is 0.562. The summed E-state index contributed by atoms with van der Waals surface area (Å²) in [5.41, 5.74) is 0.163. The summed E-state index contributed by atoms with van der Waals surface area (Å²) in [5.74, 6) is 0. The fourth-order valence-corrected chi connectivity index (χ4v) is 3.79. The van der Waals surface area contributed by atoms with E-state index in [1.165, 1.54) is 18.3 Å². The lowest BCUT2D eigenvalue weighted by Gasteiger charge is -2.59. The maximum atomic E-state index is 13.7. The average molecular weight is 346 g/mol. The monoisotopic (exact) mass is 345 g/mol. The summed E-state index contributed by atoms with van der Waals surface area (Å²) in [6, 6.07) is 1.14. The molecule has 3 unspecified atom stereocenters. The van der Waals surface area contributed by atoms with Crippen molar-refractivity contribution in [3.8, 4) is 0 Å². The number of hydrogen-bond acceptors (Lipinski definition) is 3. The fourth-order valence-electron chi connectivity index (χ4n) is 3.68. The number of rotatable bonds is 5. The van der Waals surface area contributed by atoms with Gasteiger partial charge in [-0.1, -0.05) is 23.7 Å². The minimum absolute atomic E-state index is 0.0548. The predicted molar refractivity (Wildman–Crippen MR) is 83.3 cm³/mol. The van der Waals surface area contributed by atoms with Gasteiger partial charge in [0, 0.05) is 37.9 Å². The van der Waals surface area contributed by atoms with E-state index in [9.17, 15) is 13.2 Å². The molecule has 3 aliphatic heterocycles. The van der Waals surface area contributed by atoms with Gasteiger partial charge in [0.15, 0.2) is 0 Å². The number of hydrogen-bond donors (Lipinski definition) is 0. The Kier molecular flexibility index (Phi) is 4.67. The van der Waals surface area contributed by atoms with E-state index in [0.717, 1.165) is 19.4 Å². The van der Waals surface area contributed by atoms with E-state index in [4.69, 9.17) is 11.6 Å². The topological polar surface area (TPSA) is 19.4 Å². The van der Waals surface area contributed by atoms with Crippen molar-refractivity contribution in [2.45, 2.75) is 37.1 Å². The van der Waals surface area contributed by atoms with Gasteiger partial charge in [0.25, 0.3) is 0 Å². The number of fused-ring (bicyclic) bond motifs is 2. The van der Waals surface area contributed by atoms with Gasteiger partial charge in [-0.2, -0.15) is 13.2 Å². The van der Waals surface area contributed by atoms with Crippen molar-refractivity contribution < 1.29 is 13.2 Å². The Morgan fingerprint density at radius 2 is 2.04 bits per heavy atom. The first-order valence-electron chi connectivity index (χ1n) is 7.69. The second kappa shape index (κ2) is 6.42. The van der Waals surface area contributed by atoms with Crippen LogP contribution >= 0.6 is 11.6 Å². The molecule has 2 bridgehead atoms. The van der Waals surface area contributed by atoms with E-state index < -0.39 is 12.2 Å². The molecule has 3 saturated heterocycles. The summed E-state index contributed by atoms with van der Waals surface area (Å²) in [4.78, 5) is 7.65. The number of aromatic nitrogens is 1. The summed E-state index contributed by atoms with van der Waals surface area (Å²) in [7, 11) is 0. The third kappa shape index (κ3) is 3.39. The molecule has 0 radical (unpaired) electrons. The van der Waals surface area contributed by atoms with Crippen LogP contribution in [0, 0.1) is 0 Å². The van der Waals surface area contributed by atoms with E-state index in [1.807, 2.05) is 6.08 Å². The van der Waals surface area contributed by atoms with Gasteiger partial charge in [-0.25, -0.2) is 4.98 Å². The van der Waals surface area contributed by atoms with Crippen LogP contribution in [0.4, 0.5) is 13.2 Å². The van der Waals surface area contributed by atoms with Crippen molar-refractivity contribution in [1.29, 1.82) is 0 Å². The zero-order valence-corrected chi connectivity index (χ0v) is 13.4. The molecule has 4 rings (SSSR count). The SMILES string of the molecule is C=CCCN1CC2CC(C1)N2C(c1ccc(Cl)nc1)C(F)(F)F. The van der Waals surface area contributed by atoms with Crippen molar-refractivity contribution in [2.24, 2.45) is 0 Å². The second-order valence-electron chi connectivity index (χ2n) is 6.19. The minimum atomic E-state index is -4.32. The van der Waals surface area contributed by atoms with Crippen molar-refractivity contribution in [1.82, 2.24) is 14.8 Å². The molecule has 3 aliphatic rings. The highest BCUT2D eigenvalue weighted by atomic mass is 35.5.